The van der Waals surface area contributed by atoms with E-state index in [0.717, 1.165) is 5.75 Å². The summed E-state index contributed by atoms with van der Waals surface area (Å²) in [5, 5.41) is 2.77. The van der Waals surface area contributed by atoms with Gasteiger partial charge >= 0.3 is 0 Å². The van der Waals surface area contributed by atoms with Crippen molar-refractivity contribution in [1.29, 1.82) is 0 Å². The lowest BCUT2D eigenvalue weighted by Crippen LogP contribution is -2.42. The van der Waals surface area contributed by atoms with E-state index in [1.54, 1.807) is 0 Å². The molecule has 1 aromatic carbocycles. The number of para-hydroxylation sites is 2. The van der Waals surface area contributed by atoms with E-state index in [-0.39, 0.29) is 24.7 Å². The van der Waals surface area contributed by atoms with Crippen LogP contribution in [-0.2, 0) is 9.53 Å². The number of carbonyl (C=O) groups excluding carboxylic acids is 1. The van der Waals surface area contributed by atoms with E-state index in [1.807, 2.05) is 38.1 Å². The first kappa shape index (κ1) is 13.7. The topological polar surface area (TPSA) is 56.8 Å². The molecular formula is C14H19NO4. The van der Waals surface area contributed by atoms with Crippen LogP contribution in [0.5, 0.6) is 11.5 Å². The highest BCUT2D eigenvalue weighted by atomic mass is 16.6. The molecule has 0 aliphatic carbocycles. The number of benzene rings is 1. The van der Waals surface area contributed by atoms with Crippen molar-refractivity contribution < 1.29 is 19.0 Å². The Bertz CT molecular complexity index is 433. The normalized spacial score (nSPS) is 17.3. The summed E-state index contributed by atoms with van der Waals surface area (Å²) in [4.78, 5) is 11.5. The lowest BCUT2D eigenvalue weighted by atomic mass is 10.2. The first-order valence-electron chi connectivity index (χ1n) is 6.42. The minimum absolute atomic E-state index is 0.0480. The Hall–Kier alpha value is -1.75. The van der Waals surface area contributed by atoms with E-state index in [9.17, 15) is 4.79 Å². The maximum Gasteiger partial charge on any atom is 0.246 e. The van der Waals surface area contributed by atoms with Gasteiger partial charge in [0.05, 0.1) is 12.6 Å². The molecule has 1 heterocycles. The standard InChI is InChI=1S/C14H19NO4/c1-10(2)17-9-14(16)15-7-11-8-18-12-5-3-4-6-13(12)19-11/h3-6,10-11H,7-9H2,1-2H3,(H,15,16). The summed E-state index contributed by atoms with van der Waals surface area (Å²) in [5.74, 6) is 1.32. The molecular weight excluding hydrogens is 246 g/mol. The zero-order chi connectivity index (χ0) is 13.7. The number of hydrogen-bond donors (Lipinski definition) is 1. The van der Waals surface area contributed by atoms with Crippen molar-refractivity contribution in [3.8, 4) is 11.5 Å². The summed E-state index contributed by atoms with van der Waals surface area (Å²) in [7, 11) is 0. The summed E-state index contributed by atoms with van der Waals surface area (Å²) in [5.41, 5.74) is 0. The summed E-state index contributed by atoms with van der Waals surface area (Å²) < 4.78 is 16.5. The second-order valence-electron chi connectivity index (χ2n) is 4.66. The van der Waals surface area contributed by atoms with Gasteiger partial charge in [-0.3, -0.25) is 4.79 Å². The molecule has 5 heteroatoms. The SMILES string of the molecule is CC(C)OCC(=O)NCC1COc2ccccc2O1. The number of rotatable bonds is 5. The average molecular weight is 265 g/mol. The second kappa shape index (κ2) is 6.43. The fourth-order valence-corrected chi connectivity index (χ4v) is 1.68. The lowest BCUT2D eigenvalue weighted by molar-refractivity contribution is -0.127. The second-order valence-corrected chi connectivity index (χ2v) is 4.66. The van der Waals surface area contributed by atoms with Gasteiger partial charge in [-0.2, -0.15) is 0 Å². The Balaban J connectivity index is 1.75. The van der Waals surface area contributed by atoms with Crippen molar-refractivity contribution in [2.45, 2.75) is 26.1 Å². The molecule has 0 saturated heterocycles. The van der Waals surface area contributed by atoms with Gasteiger partial charge in [0.25, 0.3) is 0 Å². The van der Waals surface area contributed by atoms with Crippen LogP contribution in [0.3, 0.4) is 0 Å². The molecule has 1 aromatic rings. The van der Waals surface area contributed by atoms with Crippen LogP contribution in [0.15, 0.2) is 24.3 Å². The maximum absolute atomic E-state index is 11.5. The third-order valence-corrected chi connectivity index (χ3v) is 2.64. The van der Waals surface area contributed by atoms with Gasteiger partial charge in [-0.15, -0.1) is 0 Å². The maximum atomic E-state index is 11.5. The highest BCUT2D eigenvalue weighted by molar-refractivity contribution is 5.77. The molecule has 0 radical (unpaired) electrons. The van der Waals surface area contributed by atoms with Crippen LogP contribution in [0, 0.1) is 0 Å². The van der Waals surface area contributed by atoms with Crippen LogP contribution in [0.1, 0.15) is 13.8 Å². The molecule has 104 valence electrons. The highest BCUT2D eigenvalue weighted by Crippen LogP contribution is 2.30. The zero-order valence-electron chi connectivity index (χ0n) is 11.2. The van der Waals surface area contributed by atoms with Crippen LogP contribution < -0.4 is 14.8 Å². The van der Waals surface area contributed by atoms with Gasteiger partial charge in [-0.1, -0.05) is 12.1 Å². The molecule has 0 spiro atoms. The Kier molecular flexibility index (Phi) is 4.63. The van der Waals surface area contributed by atoms with Crippen molar-refractivity contribution in [3.63, 3.8) is 0 Å². The fourth-order valence-electron chi connectivity index (χ4n) is 1.68. The third kappa shape index (κ3) is 4.13. The van der Waals surface area contributed by atoms with Gasteiger partial charge in [0.1, 0.15) is 19.3 Å². The summed E-state index contributed by atoms with van der Waals surface area (Å²) in [6, 6.07) is 7.50. The Morgan fingerprint density at radius 1 is 1.42 bits per heavy atom. The monoisotopic (exact) mass is 265 g/mol. The van der Waals surface area contributed by atoms with Gasteiger partial charge < -0.3 is 19.5 Å². The first-order valence-corrected chi connectivity index (χ1v) is 6.42. The summed E-state index contributed by atoms with van der Waals surface area (Å²) in [6.45, 7) is 4.70. The van der Waals surface area contributed by atoms with Crippen molar-refractivity contribution >= 4 is 5.91 Å². The average Bonchev–Trinajstić information content (AvgIpc) is 2.42. The predicted molar refractivity (Wildman–Crippen MR) is 70.5 cm³/mol. The fraction of sp³-hybridized carbons (Fsp3) is 0.500. The van der Waals surface area contributed by atoms with Crippen LogP contribution in [-0.4, -0.2) is 37.9 Å². The predicted octanol–water partition coefficient (Wildman–Crippen LogP) is 1.37. The molecule has 1 atom stereocenters. The van der Waals surface area contributed by atoms with E-state index in [1.165, 1.54) is 0 Å². The molecule has 19 heavy (non-hydrogen) atoms. The number of amides is 1. The van der Waals surface area contributed by atoms with Crippen LogP contribution >= 0.6 is 0 Å². The molecule has 1 aliphatic heterocycles. The molecule has 0 bridgehead atoms. The van der Waals surface area contributed by atoms with Gasteiger partial charge in [0.15, 0.2) is 11.5 Å². The molecule has 5 nitrogen and oxygen atoms in total. The summed E-state index contributed by atoms with van der Waals surface area (Å²) >= 11 is 0. The Morgan fingerprint density at radius 2 is 2.16 bits per heavy atom. The number of carbonyl (C=O) groups is 1. The number of ether oxygens (including phenoxy) is 3. The molecule has 0 aromatic heterocycles. The lowest BCUT2D eigenvalue weighted by Gasteiger charge is -2.26. The smallest absolute Gasteiger partial charge is 0.246 e. The van der Waals surface area contributed by atoms with E-state index >= 15 is 0 Å². The first-order chi connectivity index (χ1) is 9.15. The molecule has 1 N–H and O–H groups in total. The molecule has 1 amide bonds. The minimum atomic E-state index is -0.169. The molecule has 1 aliphatic rings. The largest absolute Gasteiger partial charge is 0.486 e. The van der Waals surface area contributed by atoms with Crippen molar-refractivity contribution in [2.75, 3.05) is 19.8 Å². The van der Waals surface area contributed by atoms with Crippen LogP contribution in [0.4, 0.5) is 0 Å². The van der Waals surface area contributed by atoms with Gasteiger partial charge in [0, 0.05) is 0 Å². The highest BCUT2D eigenvalue weighted by Gasteiger charge is 2.20. The van der Waals surface area contributed by atoms with E-state index in [4.69, 9.17) is 14.2 Å². The van der Waals surface area contributed by atoms with Crippen LogP contribution in [0.2, 0.25) is 0 Å². The molecule has 1 unspecified atom stereocenters. The number of nitrogens with one attached hydrogen (secondary N) is 1. The van der Waals surface area contributed by atoms with E-state index in [0.29, 0.717) is 18.9 Å². The summed E-state index contributed by atoms with van der Waals surface area (Å²) in [6.07, 6.45) is -0.121. The molecule has 2 rings (SSSR count). The van der Waals surface area contributed by atoms with Gasteiger partial charge in [-0.25, -0.2) is 0 Å². The van der Waals surface area contributed by atoms with Crippen molar-refractivity contribution in [2.24, 2.45) is 0 Å². The van der Waals surface area contributed by atoms with Crippen LogP contribution in [0.25, 0.3) is 0 Å². The minimum Gasteiger partial charge on any atom is -0.486 e. The van der Waals surface area contributed by atoms with E-state index in [2.05, 4.69) is 5.32 Å². The Morgan fingerprint density at radius 3 is 2.89 bits per heavy atom. The number of hydrogen-bond acceptors (Lipinski definition) is 4. The molecule has 0 fully saturated rings. The van der Waals surface area contributed by atoms with Crippen molar-refractivity contribution in [1.82, 2.24) is 5.32 Å². The zero-order valence-corrected chi connectivity index (χ0v) is 11.2. The number of fused-ring (bicyclic) bond motifs is 1. The van der Waals surface area contributed by atoms with E-state index < -0.39 is 0 Å². The van der Waals surface area contributed by atoms with Gasteiger partial charge in [-0.05, 0) is 26.0 Å². The Labute approximate surface area is 112 Å². The van der Waals surface area contributed by atoms with Crippen molar-refractivity contribution in [3.05, 3.63) is 24.3 Å². The quantitative estimate of drug-likeness (QED) is 0.873. The third-order valence-electron chi connectivity index (χ3n) is 2.64. The van der Waals surface area contributed by atoms with Gasteiger partial charge in [0.2, 0.25) is 5.91 Å². The molecule has 0 saturated carbocycles.